The molecule has 1 heterocycles. The number of aromatic nitrogens is 1. The second-order valence-electron chi connectivity index (χ2n) is 7.25. The molecule has 140 valence electrons. The molecule has 1 aromatic carbocycles. The maximum atomic E-state index is 12.8. The van der Waals surface area contributed by atoms with Gasteiger partial charge in [-0.2, -0.15) is 0 Å². The Kier molecular flexibility index (Phi) is 5.71. The molecule has 0 radical (unpaired) electrons. The zero-order chi connectivity index (χ0) is 19.6. The smallest absolute Gasteiger partial charge is 0.267 e. The minimum Gasteiger partial charge on any atom is -0.495 e. The van der Waals surface area contributed by atoms with E-state index in [-0.39, 0.29) is 17.2 Å². The van der Waals surface area contributed by atoms with Crippen molar-refractivity contribution in [1.82, 2.24) is 9.88 Å². The van der Waals surface area contributed by atoms with Gasteiger partial charge in [0.2, 0.25) is 0 Å². The Bertz CT molecular complexity index is 835. The summed E-state index contributed by atoms with van der Waals surface area (Å²) >= 11 is 1.38. The van der Waals surface area contributed by atoms with Crippen molar-refractivity contribution < 1.29 is 14.3 Å². The molecule has 0 spiro atoms. The Morgan fingerprint density at radius 3 is 2.38 bits per heavy atom. The van der Waals surface area contributed by atoms with Crippen LogP contribution in [0.5, 0.6) is 5.75 Å². The third-order valence-corrected chi connectivity index (χ3v) is 5.33. The number of ether oxygens (including phenoxy) is 1. The predicted octanol–water partition coefficient (Wildman–Crippen LogP) is 3.71. The molecule has 0 fully saturated rings. The van der Waals surface area contributed by atoms with Crippen molar-refractivity contribution in [2.75, 3.05) is 26.5 Å². The molecule has 0 bridgehead atoms. The number of methoxy groups -OCH3 is 1. The molecular formula is C19H25N3O3S. The van der Waals surface area contributed by atoms with Crippen molar-refractivity contribution in [3.05, 3.63) is 39.3 Å². The van der Waals surface area contributed by atoms with E-state index in [4.69, 9.17) is 4.74 Å². The highest BCUT2D eigenvalue weighted by atomic mass is 32.1. The monoisotopic (exact) mass is 375 g/mol. The van der Waals surface area contributed by atoms with Crippen LogP contribution in [0.25, 0.3) is 0 Å². The summed E-state index contributed by atoms with van der Waals surface area (Å²) in [7, 11) is 4.88. The number of thiazole rings is 1. The summed E-state index contributed by atoms with van der Waals surface area (Å²) in [5.74, 6) is 0.0854. The summed E-state index contributed by atoms with van der Waals surface area (Å²) in [6, 6.07) is 4.97. The van der Waals surface area contributed by atoms with Crippen LogP contribution in [0.4, 0.5) is 5.69 Å². The van der Waals surface area contributed by atoms with Gasteiger partial charge in [-0.25, -0.2) is 4.98 Å². The standard InChI is InChI=1S/C19H25N3O3S/c1-11-15(26-18(20-11)19(2,3)4)16(23)21-13-10-12(17(24)22(5)6)8-9-14(13)25-7/h8-10H,1-7H3,(H,21,23). The van der Waals surface area contributed by atoms with Crippen LogP contribution in [0.15, 0.2) is 18.2 Å². The Morgan fingerprint density at radius 2 is 1.88 bits per heavy atom. The molecule has 0 saturated heterocycles. The van der Waals surface area contributed by atoms with E-state index in [9.17, 15) is 9.59 Å². The number of aryl methyl sites for hydroxylation is 1. The number of nitrogens with one attached hydrogen (secondary N) is 1. The Hall–Kier alpha value is -2.41. The molecule has 7 heteroatoms. The quantitative estimate of drug-likeness (QED) is 0.884. The zero-order valence-electron chi connectivity index (χ0n) is 16.3. The van der Waals surface area contributed by atoms with Gasteiger partial charge in [0.1, 0.15) is 10.6 Å². The minimum absolute atomic E-state index is 0.121. The molecule has 1 aromatic heterocycles. The first-order chi connectivity index (χ1) is 12.0. The summed E-state index contributed by atoms with van der Waals surface area (Å²) in [5, 5.41) is 3.76. The topological polar surface area (TPSA) is 71.5 Å². The fourth-order valence-electron chi connectivity index (χ4n) is 2.30. The molecule has 2 amide bonds. The van der Waals surface area contributed by atoms with Crippen molar-refractivity contribution in [1.29, 1.82) is 0 Å². The molecule has 0 aliphatic rings. The van der Waals surface area contributed by atoms with Crippen LogP contribution in [-0.4, -0.2) is 42.9 Å². The summed E-state index contributed by atoms with van der Waals surface area (Å²) in [5.41, 5.74) is 1.50. The van der Waals surface area contributed by atoms with Crippen LogP contribution in [0.2, 0.25) is 0 Å². The number of carbonyl (C=O) groups is 2. The normalized spacial score (nSPS) is 11.2. The summed E-state index contributed by atoms with van der Waals surface area (Å²) < 4.78 is 5.32. The Morgan fingerprint density at radius 1 is 1.23 bits per heavy atom. The average molecular weight is 375 g/mol. The Balaban J connectivity index is 2.35. The highest BCUT2D eigenvalue weighted by molar-refractivity contribution is 7.14. The molecule has 2 aromatic rings. The predicted molar refractivity (Wildman–Crippen MR) is 105 cm³/mol. The van der Waals surface area contributed by atoms with Gasteiger partial charge in [-0.15, -0.1) is 11.3 Å². The first-order valence-corrected chi connectivity index (χ1v) is 9.05. The first-order valence-electron chi connectivity index (χ1n) is 8.23. The summed E-state index contributed by atoms with van der Waals surface area (Å²) in [6.45, 7) is 8.01. The third-order valence-electron chi connectivity index (χ3n) is 3.75. The maximum absolute atomic E-state index is 12.8. The van der Waals surface area contributed by atoms with Crippen LogP contribution in [-0.2, 0) is 5.41 Å². The molecule has 0 aliphatic heterocycles. The first kappa shape index (κ1) is 19.9. The fourth-order valence-corrected chi connectivity index (χ4v) is 3.32. The van der Waals surface area contributed by atoms with Gasteiger partial charge in [-0.1, -0.05) is 20.8 Å². The van der Waals surface area contributed by atoms with E-state index in [0.29, 0.717) is 27.6 Å². The van der Waals surface area contributed by atoms with E-state index < -0.39 is 0 Å². The molecule has 0 saturated carbocycles. The second-order valence-corrected chi connectivity index (χ2v) is 8.25. The van der Waals surface area contributed by atoms with Crippen LogP contribution >= 0.6 is 11.3 Å². The van der Waals surface area contributed by atoms with Crippen molar-refractivity contribution in [2.24, 2.45) is 0 Å². The maximum Gasteiger partial charge on any atom is 0.267 e. The van der Waals surface area contributed by atoms with Gasteiger partial charge in [0, 0.05) is 25.1 Å². The number of nitrogens with zero attached hydrogens (tertiary/aromatic N) is 2. The third kappa shape index (κ3) is 4.22. The number of amides is 2. The number of anilines is 1. The van der Waals surface area contributed by atoms with E-state index in [2.05, 4.69) is 31.1 Å². The van der Waals surface area contributed by atoms with E-state index in [1.807, 2.05) is 6.92 Å². The highest BCUT2D eigenvalue weighted by Gasteiger charge is 2.24. The van der Waals surface area contributed by atoms with Crippen molar-refractivity contribution >= 4 is 28.8 Å². The van der Waals surface area contributed by atoms with E-state index in [1.54, 1.807) is 32.3 Å². The Labute approximate surface area is 158 Å². The SMILES string of the molecule is COc1ccc(C(=O)N(C)C)cc1NC(=O)c1sc(C(C)(C)C)nc1C. The molecular weight excluding hydrogens is 350 g/mol. The van der Waals surface area contributed by atoms with Crippen LogP contribution in [0.1, 0.15) is 51.5 Å². The number of hydrogen-bond donors (Lipinski definition) is 1. The van der Waals surface area contributed by atoms with Crippen molar-refractivity contribution in [3.8, 4) is 5.75 Å². The molecule has 2 rings (SSSR count). The zero-order valence-corrected chi connectivity index (χ0v) is 17.1. The van der Waals surface area contributed by atoms with Gasteiger partial charge in [0.15, 0.2) is 0 Å². The summed E-state index contributed by atoms with van der Waals surface area (Å²) in [4.78, 5) is 31.5. The number of carbonyl (C=O) groups excluding carboxylic acids is 2. The lowest BCUT2D eigenvalue weighted by Gasteiger charge is -2.14. The summed E-state index contributed by atoms with van der Waals surface area (Å²) in [6.07, 6.45) is 0. The van der Waals surface area contributed by atoms with Gasteiger partial charge in [0.25, 0.3) is 11.8 Å². The fraction of sp³-hybridized carbons (Fsp3) is 0.421. The molecule has 6 nitrogen and oxygen atoms in total. The molecule has 0 atom stereocenters. The molecule has 0 aliphatic carbocycles. The lowest BCUT2D eigenvalue weighted by atomic mass is 9.98. The highest BCUT2D eigenvalue weighted by Crippen LogP contribution is 2.31. The largest absolute Gasteiger partial charge is 0.495 e. The molecule has 26 heavy (non-hydrogen) atoms. The van der Waals surface area contributed by atoms with Crippen LogP contribution in [0.3, 0.4) is 0 Å². The number of rotatable bonds is 4. The van der Waals surface area contributed by atoms with Crippen LogP contribution in [0, 0.1) is 6.92 Å². The lowest BCUT2D eigenvalue weighted by Crippen LogP contribution is -2.22. The van der Waals surface area contributed by atoms with Gasteiger partial charge in [-0.05, 0) is 25.1 Å². The van der Waals surface area contributed by atoms with Gasteiger partial charge in [-0.3, -0.25) is 9.59 Å². The minimum atomic E-state index is -0.261. The number of benzene rings is 1. The average Bonchev–Trinajstić information content (AvgIpc) is 2.96. The van der Waals surface area contributed by atoms with Gasteiger partial charge in [0.05, 0.1) is 23.5 Å². The van der Waals surface area contributed by atoms with Gasteiger partial charge < -0.3 is 15.0 Å². The van der Waals surface area contributed by atoms with Crippen molar-refractivity contribution in [2.45, 2.75) is 33.1 Å². The second kappa shape index (κ2) is 7.45. The van der Waals surface area contributed by atoms with Crippen LogP contribution < -0.4 is 10.1 Å². The number of hydrogen-bond acceptors (Lipinski definition) is 5. The molecule has 1 N–H and O–H groups in total. The van der Waals surface area contributed by atoms with Gasteiger partial charge >= 0.3 is 0 Å². The van der Waals surface area contributed by atoms with E-state index in [1.165, 1.54) is 23.3 Å². The molecule has 0 unspecified atom stereocenters. The van der Waals surface area contributed by atoms with E-state index >= 15 is 0 Å². The lowest BCUT2D eigenvalue weighted by molar-refractivity contribution is 0.0827. The van der Waals surface area contributed by atoms with E-state index in [0.717, 1.165) is 5.01 Å². The van der Waals surface area contributed by atoms with Crippen molar-refractivity contribution in [3.63, 3.8) is 0 Å².